The molecule has 0 radical (unpaired) electrons. The van der Waals surface area contributed by atoms with Gasteiger partial charge in [0.05, 0.1) is 16.7 Å². The molecule has 0 aliphatic rings. The van der Waals surface area contributed by atoms with Crippen molar-refractivity contribution in [3.8, 4) is 61.3 Å². The van der Waals surface area contributed by atoms with Gasteiger partial charge in [-0.2, -0.15) is 0 Å². The highest BCUT2D eigenvalue weighted by Crippen LogP contribution is 2.44. The van der Waals surface area contributed by atoms with Crippen LogP contribution in [0.1, 0.15) is 0 Å². The summed E-state index contributed by atoms with van der Waals surface area (Å²) in [6.45, 7) is 0. The molecule has 0 saturated heterocycles. The van der Waals surface area contributed by atoms with Crippen molar-refractivity contribution in [2.75, 3.05) is 4.90 Å². The second-order valence-corrected chi connectivity index (χ2v) is 17.7. The average Bonchev–Trinajstić information content (AvgIpc) is 3.97. The molecular weight excluding hydrogens is 837 g/mol. The summed E-state index contributed by atoms with van der Waals surface area (Å²) in [7, 11) is 0. The van der Waals surface area contributed by atoms with E-state index in [9.17, 15) is 0 Å². The number of hydrogen-bond acceptors (Lipinski definition) is 2. The maximum Gasteiger partial charge on any atom is 0.136 e. The number of anilines is 3. The van der Waals surface area contributed by atoms with Crippen LogP contribution in [-0.2, 0) is 0 Å². The standard InChI is InChI=1S/C66H44N2O/c1-2-15-47(16-3-1)55-19-4-5-20-56(55)48-33-40-53(41-34-48)67(62-25-10-6-21-57(62)51-35-42-61-60-24-9-13-28-65(60)69-66(61)44-51)52-36-29-45(30-37-52)49-17-14-18-50(43-49)46-31-38-54(39-32-46)68-63-26-11-7-22-58(63)59-23-8-12-27-64(59)68/h1-44H. The molecule has 0 unspecified atom stereocenters. The Hall–Kier alpha value is -9.18. The fraction of sp³-hybridized carbons (Fsp3) is 0. The Kier molecular flexibility index (Phi) is 9.84. The smallest absolute Gasteiger partial charge is 0.136 e. The van der Waals surface area contributed by atoms with E-state index in [1.807, 2.05) is 12.1 Å². The van der Waals surface area contributed by atoms with Crippen LogP contribution in [-0.4, -0.2) is 4.57 Å². The molecule has 3 heteroatoms. The van der Waals surface area contributed by atoms with E-state index in [1.165, 1.54) is 55.2 Å². The molecule has 0 atom stereocenters. The summed E-state index contributed by atoms with van der Waals surface area (Å²) < 4.78 is 8.77. The molecule has 0 bridgehead atoms. The Labute approximate surface area is 401 Å². The van der Waals surface area contributed by atoms with Gasteiger partial charge in [-0.1, -0.05) is 188 Å². The van der Waals surface area contributed by atoms with Crippen LogP contribution in [0.4, 0.5) is 17.1 Å². The lowest BCUT2D eigenvalue weighted by Gasteiger charge is -2.28. The summed E-state index contributed by atoms with van der Waals surface area (Å²) in [5.74, 6) is 0. The highest BCUT2D eigenvalue weighted by Gasteiger charge is 2.20. The summed E-state index contributed by atoms with van der Waals surface area (Å²) >= 11 is 0. The van der Waals surface area contributed by atoms with Gasteiger partial charge in [0.1, 0.15) is 11.2 Å². The van der Waals surface area contributed by atoms with E-state index in [-0.39, 0.29) is 0 Å². The van der Waals surface area contributed by atoms with Crippen LogP contribution >= 0.6 is 0 Å². The van der Waals surface area contributed by atoms with Gasteiger partial charge in [-0.15, -0.1) is 0 Å². The summed E-state index contributed by atoms with van der Waals surface area (Å²) in [5, 5.41) is 4.78. The van der Waals surface area contributed by atoms with Crippen molar-refractivity contribution in [1.29, 1.82) is 0 Å². The highest BCUT2D eigenvalue weighted by molar-refractivity contribution is 6.09. The highest BCUT2D eigenvalue weighted by atomic mass is 16.3. The second-order valence-electron chi connectivity index (χ2n) is 17.7. The molecule has 3 nitrogen and oxygen atoms in total. The maximum absolute atomic E-state index is 6.41. The van der Waals surface area contributed by atoms with Crippen LogP contribution < -0.4 is 4.90 Å². The largest absolute Gasteiger partial charge is 0.456 e. The molecule has 0 saturated carbocycles. The summed E-state index contributed by atoms with van der Waals surface area (Å²) in [5.41, 5.74) is 20.2. The topological polar surface area (TPSA) is 21.3 Å². The van der Waals surface area contributed by atoms with Crippen molar-refractivity contribution in [3.05, 3.63) is 267 Å². The molecule has 13 aromatic rings. The predicted molar refractivity (Wildman–Crippen MR) is 290 cm³/mol. The van der Waals surface area contributed by atoms with Gasteiger partial charge < -0.3 is 13.9 Å². The molecule has 0 N–H and O–H groups in total. The fourth-order valence-electron chi connectivity index (χ4n) is 10.3. The molecule has 0 aliphatic heterocycles. The number of nitrogens with zero attached hydrogens (tertiary/aromatic N) is 2. The quantitative estimate of drug-likeness (QED) is 0.144. The Balaban J connectivity index is 0.867. The van der Waals surface area contributed by atoms with E-state index in [2.05, 4.69) is 264 Å². The molecular formula is C66H44N2O. The minimum atomic E-state index is 0.877. The normalized spacial score (nSPS) is 11.5. The van der Waals surface area contributed by atoms with Gasteiger partial charge in [0.2, 0.25) is 0 Å². The van der Waals surface area contributed by atoms with Gasteiger partial charge >= 0.3 is 0 Å². The minimum Gasteiger partial charge on any atom is -0.456 e. The van der Waals surface area contributed by atoms with Gasteiger partial charge in [0.15, 0.2) is 0 Å². The number of hydrogen-bond donors (Lipinski definition) is 0. The second kappa shape index (κ2) is 16.9. The first-order chi connectivity index (χ1) is 34.2. The van der Waals surface area contributed by atoms with E-state index in [4.69, 9.17) is 4.42 Å². The average molecular weight is 881 g/mol. The van der Waals surface area contributed by atoms with Crippen molar-refractivity contribution >= 4 is 60.8 Å². The van der Waals surface area contributed by atoms with Crippen molar-refractivity contribution in [2.24, 2.45) is 0 Å². The van der Waals surface area contributed by atoms with Crippen LogP contribution in [0.3, 0.4) is 0 Å². The first-order valence-electron chi connectivity index (χ1n) is 23.6. The molecule has 69 heavy (non-hydrogen) atoms. The Morgan fingerprint density at radius 2 is 0.739 bits per heavy atom. The fourth-order valence-corrected chi connectivity index (χ4v) is 10.3. The van der Waals surface area contributed by atoms with E-state index in [1.54, 1.807) is 0 Å². The molecule has 13 rings (SSSR count). The van der Waals surface area contributed by atoms with Crippen molar-refractivity contribution < 1.29 is 4.42 Å². The van der Waals surface area contributed by atoms with Gasteiger partial charge in [-0.05, 0) is 129 Å². The Morgan fingerprint density at radius 3 is 1.39 bits per heavy atom. The molecule has 324 valence electrons. The number of fused-ring (bicyclic) bond motifs is 6. The van der Waals surface area contributed by atoms with Crippen molar-refractivity contribution in [3.63, 3.8) is 0 Å². The lowest BCUT2D eigenvalue weighted by Crippen LogP contribution is -2.11. The van der Waals surface area contributed by atoms with Crippen molar-refractivity contribution in [2.45, 2.75) is 0 Å². The van der Waals surface area contributed by atoms with E-state index in [0.29, 0.717) is 0 Å². The Morgan fingerprint density at radius 1 is 0.275 bits per heavy atom. The lowest BCUT2D eigenvalue weighted by molar-refractivity contribution is 0.669. The summed E-state index contributed by atoms with van der Waals surface area (Å²) in [4.78, 5) is 2.38. The number of benzene rings is 11. The Bertz CT molecular complexity index is 3940. The number of aromatic nitrogens is 1. The monoisotopic (exact) mass is 880 g/mol. The third kappa shape index (κ3) is 7.16. The SMILES string of the molecule is c1ccc(-c2ccccc2-c2ccc(N(c3ccc(-c4cccc(-c5ccc(-n6c7ccccc7c7ccccc76)cc5)c4)cc3)c3ccccc3-c3ccc4c(c3)oc3ccccc34)cc2)cc1. The zero-order valence-corrected chi connectivity index (χ0v) is 37.7. The van der Waals surface area contributed by atoms with Crippen LogP contribution in [0.5, 0.6) is 0 Å². The molecule has 11 aromatic carbocycles. The predicted octanol–water partition coefficient (Wildman–Crippen LogP) is 18.5. The van der Waals surface area contributed by atoms with Crippen molar-refractivity contribution in [1.82, 2.24) is 4.57 Å². The summed E-state index contributed by atoms with van der Waals surface area (Å²) in [6, 6.07) is 96.0. The van der Waals surface area contributed by atoms with Gasteiger partial charge in [-0.3, -0.25) is 0 Å². The molecule has 0 fully saturated rings. The zero-order valence-electron chi connectivity index (χ0n) is 37.7. The third-order valence-electron chi connectivity index (χ3n) is 13.6. The molecule has 2 aromatic heterocycles. The lowest BCUT2D eigenvalue weighted by atomic mass is 9.94. The molecule has 0 amide bonds. The minimum absolute atomic E-state index is 0.877. The van der Waals surface area contributed by atoms with Crippen LogP contribution in [0.25, 0.3) is 105 Å². The molecule has 0 aliphatic carbocycles. The maximum atomic E-state index is 6.41. The first-order valence-corrected chi connectivity index (χ1v) is 23.6. The number of para-hydroxylation sites is 4. The van der Waals surface area contributed by atoms with Crippen LogP contribution in [0, 0.1) is 0 Å². The van der Waals surface area contributed by atoms with Gasteiger partial charge in [0.25, 0.3) is 0 Å². The molecule has 2 heterocycles. The van der Waals surface area contributed by atoms with Crippen LogP contribution in [0.2, 0.25) is 0 Å². The third-order valence-corrected chi connectivity index (χ3v) is 13.6. The first kappa shape index (κ1) is 40.1. The summed E-state index contributed by atoms with van der Waals surface area (Å²) in [6.07, 6.45) is 0. The van der Waals surface area contributed by atoms with E-state index in [0.717, 1.165) is 66.9 Å². The zero-order chi connectivity index (χ0) is 45.7. The van der Waals surface area contributed by atoms with Gasteiger partial charge in [0, 0.05) is 44.2 Å². The van der Waals surface area contributed by atoms with Gasteiger partial charge in [-0.25, -0.2) is 0 Å². The number of furan rings is 1. The van der Waals surface area contributed by atoms with Crippen LogP contribution in [0.15, 0.2) is 271 Å². The number of rotatable bonds is 9. The molecule has 0 spiro atoms. The van der Waals surface area contributed by atoms with E-state index < -0.39 is 0 Å². The van der Waals surface area contributed by atoms with E-state index >= 15 is 0 Å².